The zero-order valence-corrected chi connectivity index (χ0v) is 12.9. The van der Waals surface area contributed by atoms with Gasteiger partial charge in [0.15, 0.2) is 28.8 Å². The van der Waals surface area contributed by atoms with Gasteiger partial charge in [-0.05, 0) is 26.0 Å². The molecule has 8 nitrogen and oxygen atoms in total. The number of amides is 1. The molecule has 10 heteroatoms. The van der Waals surface area contributed by atoms with E-state index >= 15 is 0 Å². The fourth-order valence-electron chi connectivity index (χ4n) is 1.89. The molecule has 0 saturated heterocycles. The summed E-state index contributed by atoms with van der Waals surface area (Å²) in [4.78, 5) is 25.7. The third kappa shape index (κ3) is 2.95. The summed E-state index contributed by atoms with van der Waals surface area (Å²) >= 11 is 5.39. The zero-order chi connectivity index (χ0) is 16.6. The Bertz CT molecular complexity index is 785. The molecule has 3 rings (SSSR count). The van der Waals surface area contributed by atoms with Crippen molar-refractivity contribution in [1.29, 1.82) is 0 Å². The van der Waals surface area contributed by atoms with E-state index in [2.05, 4.69) is 30.4 Å². The monoisotopic (exact) mass is 338 g/mol. The Balaban J connectivity index is 1.89. The van der Waals surface area contributed by atoms with Gasteiger partial charge in [-0.15, -0.1) is 0 Å². The molecule has 0 bridgehead atoms. The van der Waals surface area contributed by atoms with Crippen LogP contribution in [0.5, 0.6) is 5.75 Å². The van der Waals surface area contributed by atoms with Gasteiger partial charge in [-0.25, -0.2) is 14.4 Å². The Labute approximate surface area is 135 Å². The predicted octanol–water partition coefficient (Wildman–Crippen LogP) is 2.43. The standard InChI is InChI=1S/C13H12ClFN6O2/c1-13(2)11(22)19-10-7(23-13)3-4-8(18-10)17-9-6(15)5-16-12(20-9)21-14/h3-5H,1-2H3,(H3,16,17,18,19,20,21,22). The fourth-order valence-corrected chi connectivity index (χ4v) is 1.98. The van der Waals surface area contributed by atoms with Crippen LogP contribution in [0.15, 0.2) is 18.3 Å². The molecule has 0 fully saturated rings. The van der Waals surface area contributed by atoms with Crippen LogP contribution in [0.1, 0.15) is 13.8 Å². The molecule has 3 heterocycles. The number of carbonyl (C=O) groups excluding carboxylic acids is 1. The van der Waals surface area contributed by atoms with Crippen LogP contribution in [0, 0.1) is 5.82 Å². The highest BCUT2D eigenvalue weighted by Gasteiger charge is 2.36. The minimum atomic E-state index is -0.983. The number of hydrogen-bond donors (Lipinski definition) is 3. The molecule has 2 aromatic rings. The Morgan fingerprint density at radius 2 is 2.13 bits per heavy atom. The molecule has 2 aromatic heterocycles. The number of halogens is 2. The van der Waals surface area contributed by atoms with E-state index in [0.29, 0.717) is 5.75 Å². The molecule has 0 atom stereocenters. The number of pyridine rings is 1. The van der Waals surface area contributed by atoms with Gasteiger partial charge in [0.1, 0.15) is 5.82 Å². The third-order valence-corrected chi connectivity index (χ3v) is 3.25. The number of rotatable bonds is 3. The van der Waals surface area contributed by atoms with Crippen LogP contribution in [0.3, 0.4) is 0 Å². The molecule has 0 spiro atoms. The van der Waals surface area contributed by atoms with E-state index in [1.54, 1.807) is 26.0 Å². The number of ether oxygens (including phenoxy) is 1. The molecule has 0 aliphatic carbocycles. The highest BCUT2D eigenvalue weighted by molar-refractivity contribution is 6.23. The lowest BCUT2D eigenvalue weighted by Crippen LogP contribution is -2.46. The Morgan fingerprint density at radius 3 is 2.87 bits per heavy atom. The molecule has 0 radical (unpaired) electrons. The first-order valence-corrected chi connectivity index (χ1v) is 6.94. The fraction of sp³-hybridized carbons (Fsp3) is 0.231. The molecule has 1 amide bonds. The molecule has 1 aliphatic heterocycles. The van der Waals surface area contributed by atoms with Crippen molar-refractivity contribution < 1.29 is 13.9 Å². The van der Waals surface area contributed by atoms with Crippen LogP contribution in [0.2, 0.25) is 0 Å². The van der Waals surface area contributed by atoms with Gasteiger partial charge in [0, 0.05) is 11.8 Å². The highest BCUT2D eigenvalue weighted by Crippen LogP contribution is 2.33. The number of carbonyl (C=O) groups is 1. The number of nitrogens with zero attached hydrogens (tertiary/aromatic N) is 3. The Hall–Kier alpha value is -2.68. The molecule has 120 valence electrons. The molecular weight excluding hydrogens is 327 g/mol. The number of aromatic nitrogens is 3. The lowest BCUT2D eigenvalue weighted by molar-refractivity contribution is -0.129. The maximum Gasteiger partial charge on any atom is 0.269 e. The minimum absolute atomic E-state index is 0.0342. The SMILES string of the molecule is CC1(C)Oc2ccc(Nc3nc(NCl)ncc3F)nc2NC1=O. The lowest BCUT2D eigenvalue weighted by Gasteiger charge is -2.30. The van der Waals surface area contributed by atoms with Crippen LogP contribution in [0.25, 0.3) is 0 Å². The lowest BCUT2D eigenvalue weighted by atomic mass is 10.1. The minimum Gasteiger partial charge on any atom is -0.474 e. The van der Waals surface area contributed by atoms with Crippen LogP contribution in [-0.4, -0.2) is 26.5 Å². The summed E-state index contributed by atoms with van der Waals surface area (Å²) < 4.78 is 19.3. The summed E-state index contributed by atoms with van der Waals surface area (Å²) in [6.07, 6.45) is 0.964. The van der Waals surface area contributed by atoms with Crippen molar-refractivity contribution in [2.45, 2.75) is 19.4 Å². The van der Waals surface area contributed by atoms with Crippen molar-refractivity contribution >= 4 is 41.1 Å². The maximum absolute atomic E-state index is 13.7. The number of hydrogen-bond acceptors (Lipinski definition) is 7. The maximum atomic E-state index is 13.7. The van der Waals surface area contributed by atoms with E-state index in [1.165, 1.54) is 0 Å². The van der Waals surface area contributed by atoms with E-state index in [9.17, 15) is 9.18 Å². The molecule has 3 N–H and O–H groups in total. The largest absolute Gasteiger partial charge is 0.474 e. The summed E-state index contributed by atoms with van der Waals surface area (Å²) in [5.41, 5.74) is -0.983. The molecular formula is C13H12ClFN6O2. The Kier molecular flexibility index (Phi) is 3.64. The van der Waals surface area contributed by atoms with E-state index in [4.69, 9.17) is 16.5 Å². The summed E-state index contributed by atoms with van der Waals surface area (Å²) in [7, 11) is 0. The van der Waals surface area contributed by atoms with Crippen LogP contribution in [0.4, 0.5) is 27.8 Å². The normalized spacial score (nSPS) is 15.2. The van der Waals surface area contributed by atoms with Gasteiger partial charge < -0.3 is 15.4 Å². The van der Waals surface area contributed by atoms with Gasteiger partial charge in [-0.1, -0.05) is 0 Å². The van der Waals surface area contributed by atoms with Crippen molar-refractivity contribution in [1.82, 2.24) is 15.0 Å². The molecule has 0 saturated carbocycles. The third-order valence-electron chi connectivity index (χ3n) is 3.08. The van der Waals surface area contributed by atoms with Crippen molar-refractivity contribution in [3.63, 3.8) is 0 Å². The Morgan fingerprint density at radius 1 is 1.35 bits per heavy atom. The average molecular weight is 339 g/mol. The van der Waals surface area contributed by atoms with Gasteiger partial charge in [0.25, 0.3) is 5.91 Å². The number of anilines is 4. The number of fused-ring (bicyclic) bond motifs is 1. The van der Waals surface area contributed by atoms with E-state index in [0.717, 1.165) is 6.20 Å². The van der Waals surface area contributed by atoms with E-state index in [1.807, 2.05) is 0 Å². The average Bonchev–Trinajstić information content (AvgIpc) is 2.51. The second-order valence-electron chi connectivity index (χ2n) is 5.22. The summed E-state index contributed by atoms with van der Waals surface area (Å²) in [6, 6.07) is 3.19. The molecule has 0 aromatic carbocycles. The van der Waals surface area contributed by atoms with Crippen LogP contribution >= 0.6 is 11.8 Å². The summed E-state index contributed by atoms with van der Waals surface area (Å²) in [6.45, 7) is 3.29. The van der Waals surface area contributed by atoms with Crippen LogP contribution < -0.4 is 20.2 Å². The highest BCUT2D eigenvalue weighted by atomic mass is 35.5. The second kappa shape index (κ2) is 5.51. The first-order valence-electron chi connectivity index (χ1n) is 6.57. The van der Waals surface area contributed by atoms with Crippen molar-refractivity contribution in [3.8, 4) is 5.75 Å². The van der Waals surface area contributed by atoms with Crippen molar-refractivity contribution in [3.05, 3.63) is 24.1 Å². The zero-order valence-electron chi connectivity index (χ0n) is 12.1. The van der Waals surface area contributed by atoms with Gasteiger partial charge in [0.05, 0.1) is 6.20 Å². The topological polar surface area (TPSA) is 101 Å². The molecule has 1 aliphatic rings. The van der Waals surface area contributed by atoms with Crippen molar-refractivity contribution in [2.75, 3.05) is 15.5 Å². The smallest absolute Gasteiger partial charge is 0.269 e. The van der Waals surface area contributed by atoms with Crippen LogP contribution in [-0.2, 0) is 4.79 Å². The second-order valence-corrected chi connectivity index (χ2v) is 5.41. The van der Waals surface area contributed by atoms with Gasteiger partial charge in [0.2, 0.25) is 5.95 Å². The van der Waals surface area contributed by atoms with Gasteiger partial charge in [-0.2, -0.15) is 4.98 Å². The molecule has 0 unspecified atom stereocenters. The van der Waals surface area contributed by atoms with Gasteiger partial charge in [-0.3, -0.25) is 9.63 Å². The number of nitrogens with one attached hydrogen (secondary N) is 3. The first-order chi connectivity index (χ1) is 10.9. The van der Waals surface area contributed by atoms with E-state index in [-0.39, 0.29) is 29.3 Å². The summed E-state index contributed by atoms with van der Waals surface area (Å²) in [5.74, 6) is -0.148. The first kappa shape index (κ1) is 15.2. The predicted molar refractivity (Wildman–Crippen MR) is 82.3 cm³/mol. The summed E-state index contributed by atoms with van der Waals surface area (Å²) in [5, 5.41) is 5.33. The quantitative estimate of drug-likeness (QED) is 0.739. The van der Waals surface area contributed by atoms with Gasteiger partial charge >= 0.3 is 0 Å². The molecule has 23 heavy (non-hydrogen) atoms. The van der Waals surface area contributed by atoms with E-state index < -0.39 is 11.4 Å². The van der Waals surface area contributed by atoms with Crippen molar-refractivity contribution in [2.24, 2.45) is 0 Å².